The van der Waals surface area contributed by atoms with Gasteiger partial charge in [-0.05, 0) is 18.9 Å². The van der Waals surface area contributed by atoms with Gasteiger partial charge in [0, 0.05) is 49.5 Å². The van der Waals surface area contributed by atoms with Crippen LogP contribution in [0.2, 0.25) is 0 Å². The van der Waals surface area contributed by atoms with Crippen LogP contribution in [0.25, 0.3) is 0 Å². The third kappa shape index (κ3) is 4.59. The van der Waals surface area contributed by atoms with Crippen LogP contribution in [0.3, 0.4) is 0 Å². The Bertz CT molecular complexity index is 1450. The molecule has 2 aliphatic carbocycles. The molecule has 4 heterocycles. The van der Waals surface area contributed by atoms with Crippen molar-refractivity contribution in [2.45, 2.75) is 104 Å². The standard InChI is InChI=1S/C33H42O13/c1-15-24(39)23-27(43-17(3)35)32(8)26(19-10-11-41-14-19)45-22(38)13-33(15,32)46-29-25(42-16(2)34)28(44-18(4)36)30(5,6)20(31(23,29)7)12-21(37)40-9/h10-11,14-15,20,23,25-29H,12-13H2,1-9H3. The van der Waals surface area contributed by atoms with E-state index in [4.69, 9.17) is 32.8 Å². The number of carbonyl (C=O) groups is 6. The molecule has 0 N–H and O–H groups in total. The van der Waals surface area contributed by atoms with Crippen molar-refractivity contribution in [1.82, 2.24) is 0 Å². The Labute approximate surface area is 266 Å². The molecule has 3 saturated heterocycles. The fourth-order valence-electron chi connectivity index (χ4n) is 9.43. The van der Waals surface area contributed by atoms with Crippen molar-refractivity contribution < 1.29 is 61.6 Å². The number of esters is 5. The van der Waals surface area contributed by atoms with E-state index in [1.165, 1.54) is 40.4 Å². The number of hydrogen-bond acceptors (Lipinski definition) is 13. The topological polar surface area (TPSA) is 171 Å². The summed E-state index contributed by atoms with van der Waals surface area (Å²) in [6.07, 6.45) is -3.87. The molecule has 1 aromatic rings. The molecule has 11 unspecified atom stereocenters. The Morgan fingerprint density at radius 1 is 0.935 bits per heavy atom. The zero-order chi connectivity index (χ0) is 34.1. The fourth-order valence-corrected chi connectivity index (χ4v) is 9.43. The van der Waals surface area contributed by atoms with Gasteiger partial charge in [-0.1, -0.05) is 27.7 Å². The van der Waals surface area contributed by atoms with Gasteiger partial charge in [-0.3, -0.25) is 28.8 Å². The van der Waals surface area contributed by atoms with Crippen molar-refractivity contribution in [3.63, 3.8) is 0 Å². The molecule has 2 bridgehead atoms. The van der Waals surface area contributed by atoms with Crippen LogP contribution in [-0.4, -0.2) is 72.8 Å². The van der Waals surface area contributed by atoms with E-state index in [2.05, 4.69) is 0 Å². The lowest BCUT2D eigenvalue weighted by molar-refractivity contribution is -0.302. The smallest absolute Gasteiger partial charge is 0.309 e. The Hall–Kier alpha value is -3.74. The van der Waals surface area contributed by atoms with Gasteiger partial charge in [-0.25, -0.2) is 0 Å². The van der Waals surface area contributed by atoms with Gasteiger partial charge in [0.25, 0.3) is 0 Å². The number of rotatable bonds is 6. The van der Waals surface area contributed by atoms with E-state index in [-0.39, 0.29) is 12.2 Å². The molecule has 0 amide bonds. The normalized spacial score (nSPS) is 40.8. The molecule has 0 radical (unpaired) electrons. The Morgan fingerprint density at radius 3 is 2.09 bits per heavy atom. The molecule has 13 heteroatoms. The van der Waals surface area contributed by atoms with Gasteiger partial charge in [0.05, 0.1) is 37.4 Å². The molecule has 2 saturated carbocycles. The van der Waals surface area contributed by atoms with Gasteiger partial charge in [0.2, 0.25) is 0 Å². The van der Waals surface area contributed by atoms with E-state index >= 15 is 0 Å². The molecule has 46 heavy (non-hydrogen) atoms. The van der Waals surface area contributed by atoms with E-state index in [1.54, 1.807) is 40.7 Å². The van der Waals surface area contributed by atoms with Gasteiger partial charge in [-0.2, -0.15) is 0 Å². The predicted octanol–water partition coefficient (Wildman–Crippen LogP) is 3.27. The highest BCUT2D eigenvalue weighted by Gasteiger charge is 2.82. The average Bonchev–Trinajstić information content (AvgIpc) is 3.46. The minimum Gasteiger partial charge on any atom is -0.472 e. The lowest BCUT2D eigenvalue weighted by atomic mass is 9.42. The molecule has 1 aromatic heterocycles. The van der Waals surface area contributed by atoms with Gasteiger partial charge >= 0.3 is 29.8 Å². The first-order chi connectivity index (χ1) is 21.4. The lowest BCUT2D eigenvalue weighted by Crippen LogP contribution is -2.72. The highest BCUT2D eigenvalue weighted by Crippen LogP contribution is 2.72. The highest BCUT2D eigenvalue weighted by atomic mass is 16.6. The fraction of sp³-hybridized carbons (Fsp3) is 0.697. The molecular weight excluding hydrogens is 604 g/mol. The second-order valence-electron chi connectivity index (χ2n) is 14.1. The first-order valence-electron chi connectivity index (χ1n) is 15.4. The van der Waals surface area contributed by atoms with E-state index in [1.807, 2.05) is 0 Å². The van der Waals surface area contributed by atoms with Crippen molar-refractivity contribution in [3.05, 3.63) is 24.2 Å². The molecule has 5 fully saturated rings. The highest BCUT2D eigenvalue weighted by molar-refractivity contribution is 5.90. The third-order valence-corrected chi connectivity index (χ3v) is 11.4. The molecular formula is C33H42O13. The minimum absolute atomic E-state index is 0.250. The first-order valence-corrected chi connectivity index (χ1v) is 15.4. The molecule has 0 aromatic carbocycles. The zero-order valence-electron chi connectivity index (χ0n) is 27.6. The van der Waals surface area contributed by atoms with Crippen molar-refractivity contribution >= 4 is 35.6 Å². The summed E-state index contributed by atoms with van der Waals surface area (Å²) in [5.41, 5.74) is -5.23. The number of ketones is 1. The van der Waals surface area contributed by atoms with E-state index in [0.717, 1.165) is 0 Å². The van der Waals surface area contributed by atoms with Gasteiger partial charge in [-0.15, -0.1) is 0 Å². The molecule has 1 spiro atoms. The molecule has 3 aliphatic heterocycles. The second-order valence-corrected chi connectivity index (χ2v) is 14.1. The summed E-state index contributed by atoms with van der Waals surface area (Å²) in [5.74, 6) is -6.67. The third-order valence-electron chi connectivity index (χ3n) is 11.4. The number of methoxy groups -OCH3 is 1. The van der Waals surface area contributed by atoms with Crippen molar-refractivity contribution in [2.24, 2.45) is 34.0 Å². The number of Topliss-reactive ketones (excluding diaryl/α,β-unsaturated/α-hetero) is 1. The lowest BCUT2D eigenvalue weighted by Gasteiger charge is -2.62. The molecule has 252 valence electrons. The van der Waals surface area contributed by atoms with Gasteiger partial charge in [0.15, 0.2) is 6.10 Å². The maximum atomic E-state index is 14.9. The summed E-state index contributed by atoms with van der Waals surface area (Å²) in [5, 5.41) is 0. The Morgan fingerprint density at radius 2 is 1.54 bits per heavy atom. The Kier molecular flexibility index (Phi) is 8.19. The summed E-state index contributed by atoms with van der Waals surface area (Å²) < 4.78 is 41.6. The van der Waals surface area contributed by atoms with Crippen molar-refractivity contribution in [3.8, 4) is 0 Å². The predicted molar refractivity (Wildman–Crippen MR) is 154 cm³/mol. The molecule has 13 nitrogen and oxygen atoms in total. The molecule has 11 atom stereocenters. The number of ether oxygens (including phenoxy) is 6. The van der Waals surface area contributed by atoms with E-state index in [9.17, 15) is 28.8 Å². The van der Waals surface area contributed by atoms with Crippen LogP contribution in [0.4, 0.5) is 0 Å². The van der Waals surface area contributed by atoms with Crippen LogP contribution < -0.4 is 0 Å². The number of cyclic esters (lactones) is 1. The first kappa shape index (κ1) is 33.6. The van der Waals surface area contributed by atoms with Crippen molar-refractivity contribution in [2.75, 3.05) is 7.11 Å². The summed E-state index contributed by atoms with van der Waals surface area (Å²) in [6.45, 7) is 12.3. The number of hydrogen-bond donors (Lipinski definition) is 0. The zero-order valence-corrected chi connectivity index (χ0v) is 27.6. The quantitative estimate of drug-likeness (QED) is 0.326. The minimum atomic E-state index is -1.68. The van der Waals surface area contributed by atoms with Crippen LogP contribution in [0, 0.1) is 34.0 Å². The average molecular weight is 647 g/mol. The van der Waals surface area contributed by atoms with Crippen LogP contribution >= 0.6 is 0 Å². The number of furan rings is 1. The largest absolute Gasteiger partial charge is 0.472 e. The Balaban J connectivity index is 1.89. The summed E-state index contributed by atoms with van der Waals surface area (Å²) in [7, 11) is 1.24. The van der Waals surface area contributed by atoms with Crippen LogP contribution in [0.1, 0.15) is 79.9 Å². The monoisotopic (exact) mass is 646 g/mol. The van der Waals surface area contributed by atoms with Crippen LogP contribution in [0.15, 0.2) is 23.0 Å². The summed E-state index contributed by atoms with van der Waals surface area (Å²) in [4.78, 5) is 79.8. The van der Waals surface area contributed by atoms with Crippen LogP contribution in [0.5, 0.6) is 0 Å². The number of fused-ring (bicyclic) bond motifs is 1. The van der Waals surface area contributed by atoms with E-state index < -0.39 is 106 Å². The molecule has 5 aliphatic rings. The maximum absolute atomic E-state index is 14.9. The van der Waals surface area contributed by atoms with E-state index in [0.29, 0.717) is 5.56 Å². The van der Waals surface area contributed by atoms with Crippen LogP contribution in [-0.2, 0) is 57.2 Å². The molecule has 6 rings (SSSR count). The van der Waals surface area contributed by atoms with Gasteiger partial charge < -0.3 is 32.8 Å². The summed E-state index contributed by atoms with van der Waals surface area (Å²) >= 11 is 0. The second kappa shape index (κ2) is 11.2. The van der Waals surface area contributed by atoms with Crippen molar-refractivity contribution in [1.29, 1.82) is 0 Å². The van der Waals surface area contributed by atoms with Gasteiger partial charge in [0.1, 0.15) is 35.8 Å². The SMILES string of the molecule is COC(=O)CC1C(C)(C)C(OC(C)=O)C(OC(C)=O)C2OC34CC(=O)OC(c5ccoc5)C3(C)C(OC(C)=O)C(C(=O)C4C)C21C. The maximum Gasteiger partial charge on any atom is 0.309 e. The summed E-state index contributed by atoms with van der Waals surface area (Å²) in [6, 6.07) is 1.62. The number of carbonyl (C=O) groups excluding carboxylic acids is 6.